The van der Waals surface area contributed by atoms with E-state index < -0.39 is 0 Å². The van der Waals surface area contributed by atoms with E-state index in [1.165, 1.54) is 5.56 Å². The lowest BCUT2D eigenvalue weighted by Gasteiger charge is -2.18. The van der Waals surface area contributed by atoms with Gasteiger partial charge in [0.2, 0.25) is 0 Å². The van der Waals surface area contributed by atoms with Gasteiger partial charge in [0, 0.05) is 25.3 Å². The minimum atomic E-state index is 0.412. The van der Waals surface area contributed by atoms with Crippen LogP contribution >= 0.6 is 0 Å². The Hall–Kier alpha value is -1.06. The van der Waals surface area contributed by atoms with Gasteiger partial charge in [-0.3, -0.25) is 0 Å². The number of hydrogen-bond acceptors (Lipinski definition) is 3. The Labute approximate surface area is 104 Å². The van der Waals surface area contributed by atoms with Gasteiger partial charge in [0.05, 0.1) is 13.7 Å². The zero-order chi connectivity index (χ0) is 12.5. The predicted octanol–water partition coefficient (Wildman–Crippen LogP) is 2.60. The molecule has 3 heteroatoms. The second-order valence-corrected chi connectivity index (χ2v) is 4.13. The number of para-hydroxylation sites is 1. The molecule has 0 bridgehead atoms. The molecule has 1 rings (SSSR count). The summed E-state index contributed by atoms with van der Waals surface area (Å²) in [5.74, 6) is 0.938. The van der Waals surface area contributed by atoms with E-state index in [1.807, 2.05) is 18.2 Å². The summed E-state index contributed by atoms with van der Waals surface area (Å²) in [6.07, 6.45) is 2.29. The van der Waals surface area contributed by atoms with Crippen molar-refractivity contribution >= 4 is 0 Å². The molecule has 0 aliphatic rings. The molecule has 0 spiro atoms. The Kier molecular flexibility index (Phi) is 6.67. The highest BCUT2D eigenvalue weighted by atomic mass is 16.5. The maximum absolute atomic E-state index is 5.33. The van der Waals surface area contributed by atoms with E-state index in [0.29, 0.717) is 6.04 Å². The van der Waals surface area contributed by atoms with Crippen molar-refractivity contribution in [3.63, 3.8) is 0 Å². The summed E-state index contributed by atoms with van der Waals surface area (Å²) in [7, 11) is 3.45. The van der Waals surface area contributed by atoms with Gasteiger partial charge in [0.15, 0.2) is 0 Å². The topological polar surface area (TPSA) is 30.5 Å². The van der Waals surface area contributed by atoms with Crippen molar-refractivity contribution < 1.29 is 9.47 Å². The third-order valence-corrected chi connectivity index (χ3v) is 2.78. The summed E-state index contributed by atoms with van der Waals surface area (Å²) in [4.78, 5) is 0. The second-order valence-electron chi connectivity index (χ2n) is 4.13. The summed E-state index contributed by atoms with van der Waals surface area (Å²) in [6, 6.07) is 8.50. The van der Waals surface area contributed by atoms with Crippen LogP contribution in [0.2, 0.25) is 0 Å². The fourth-order valence-corrected chi connectivity index (χ4v) is 1.90. The van der Waals surface area contributed by atoms with Crippen LogP contribution in [0.15, 0.2) is 24.3 Å². The Morgan fingerprint density at radius 1 is 1.24 bits per heavy atom. The van der Waals surface area contributed by atoms with Crippen LogP contribution < -0.4 is 10.1 Å². The van der Waals surface area contributed by atoms with Crippen molar-refractivity contribution in [2.45, 2.75) is 32.4 Å². The smallest absolute Gasteiger partial charge is 0.123 e. The summed E-state index contributed by atoms with van der Waals surface area (Å²) in [5.41, 5.74) is 1.19. The van der Waals surface area contributed by atoms with Crippen molar-refractivity contribution in [3.8, 4) is 5.75 Å². The van der Waals surface area contributed by atoms with Crippen LogP contribution in [0.25, 0.3) is 0 Å². The van der Waals surface area contributed by atoms with Crippen molar-refractivity contribution in [2.75, 3.05) is 20.8 Å². The normalized spacial score (nSPS) is 12.4. The molecule has 1 unspecified atom stereocenters. The molecule has 0 saturated heterocycles. The van der Waals surface area contributed by atoms with Crippen LogP contribution in [0.5, 0.6) is 5.75 Å². The van der Waals surface area contributed by atoms with E-state index in [0.717, 1.165) is 31.7 Å². The van der Waals surface area contributed by atoms with Gasteiger partial charge in [0.25, 0.3) is 0 Å². The first-order valence-electron chi connectivity index (χ1n) is 6.16. The average Bonchev–Trinajstić information content (AvgIpc) is 2.37. The van der Waals surface area contributed by atoms with Crippen LogP contribution in [0.3, 0.4) is 0 Å². The van der Waals surface area contributed by atoms with Crippen LogP contribution in [0.1, 0.15) is 25.3 Å². The van der Waals surface area contributed by atoms with Gasteiger partial charge in [-0.25, -0.2) is 0 Å². The zero-order valence-electron chi connectivity index (χ0n) is 11.0. The number of methoxy groups -OCH3 is 2. The molecular formula is C14H23NO2. The highest BCUT2D eigenvalue weighted by molar-refractivity contribution is 5.32. The van der Waals surface area contributed by atoms with E-state index in [2.05, 4.69) is 18.3 Å². The number of hydrogen-bond donors (Lipinski definition) is 1. The lowest BCUT2D eigenvalue weighted by Crippen LogP contribution is -2.32. The van der Waals surface area contributed by atoms with Crippen molar-refractivity contribution in [3.05, 3.63) is 29.8 Å². The maximum atomic E-state index is 5.33. The lowest BCUT2D eigenvalue weighted by molar-refractivity contribution is 0.161. The first-order chi connectivity index (χ1) is 8.31. The van der Waals surface area contributed by atoms with Gasteiger partial charge in [0.1, 0.15) is 5.75 Å². The third kappa shape index (κ3) is 4.75. The van der Waals surface area contributed by atoms with Crippen LogP contribution in [0, 0.1) is 0 Å². The highest BCUT2D eigenvalue weighted by Crippen LogP contribution is 2.17. The molecule has 0 radical (unpaired) electrons. The molecule has 0 aromatic heterocycles. The van der Waals surface area contributed by atoms with Gasteiger partial charge in [-0.15, -0.1) is 0 Å². The SMILES string of the molecule is CCCC(COC)NCc1ccccc1OC. The van der Waals surface area contributed by atoms with E-state index in [9.17, 15) is 0 Å². The van der Waals surface area contributed by atoms with E-state index in [4.69, 9.17) is 9.47 Å². The van der Waals surface area contributed by atoms with Crippen molar-refractivity contribution in [1.29, 1.82) is 0 Å². The van der Waals surface area contributed by atoms with Gasteiger partial charge in [-0.1, -0.05) is 31.5 Å². The number of ether oxygens (including phenoxy) is 2. The fraction of sp³-hybridized carbons (Fsp3) is 0.571. The molecule has 96 valence electrons. The summed E-state index contributed by atoms with van der Waals surface area (Å²) < 4.78 is 10.5. The molecule has 3 nitrogen and oxygen atoms in total. The quantitative estimate of drug-likeness (QED) is 0.754. The number of benzene rings is 1. The van der Waals surface area contributed by atoms with Gasteiger partial charge in [-0.05, 0) is 12.5 Å². The van der Waals surface area contributed by atoms with Crippen LogP contribution in [-0.4, -0.2) is 26.9 Å². The molecule has 1 N–H and O–H groups in total. The summed E-state index contributed by atoms with van der Waals surface area (Å²) in [5, 5.41) is 3.51. The molecular weight excluding hydrogens is 214 g/mol. The molecule has 0 fully saturated rings. The maximum Gasteiger partial charge on any atom is 0.123 e. The lowest BCUT2D eigenvalue weighted by atomic mass is 10.1. The monoisotopic (exact) mass is 237 g/mol. The first kappa shape index (κ1) is 14.0. The Balaban J connectivity index is 2.52. The molecule has 1 aromatic rings. The largest absolute Gasteiger partial charge is 0.496 e. The Morgan fingerprint density at radius 2 is 2.00 bits per heavy atom. The number of nitrogens with one attached hydrogen (secondary N) is 1. The molecule has 1 aromatic carbocycles. The minimum absolute atomic E-state index is 0.412. The van der Waals surface area contributed by atoms with Crippen LogP contribution in [0.4, 0.5) is 0 Å². The van der Waals surface area contributed by atoms with E-state index in [1.54, 1.807) is 14.2 Å². The molecule has 17 heavy (non-hydrogen) atoms. The predicted molar refractivity (Wildman–Crippen MR) is 70.4 cm³/mol. The zero-order valence-corrected chi connectivity index (χ0v) is 11.0. The van der Waals surface area contributed by atoms with E-state index >= 15 is 0 Å². The summed E-state index contributed by atoms with van der Waals surface area (Å²) >= 11 is 0. The van der Waals surface area contributed by atoms with Crippen LogP contribution in [-0.2, 0) is 11.3 Å². The highest BCUT2D eigenvalue weighted by Gasteiger charge is 2.08. The molecule has 0 heterocycles. The minimum Gasteiger partial charge on any atom is -0.496 e. The molecule has 0 saturated carbocycles. The molecule has 0 aliphatic carbocycles. The summed E-state index contributed by atoms with van der Waals surface area (Å²) in [6.45, 7) is 3.76. The molecule has 0 amide bonds. The molecule has 1 atom stereocenters. The van der Waals surface area contributed by atoms with Gasteiger partial charge < -0.3 is 14.8 Å². The third-order valence-electron chi connectivity index (χ3n) is 2.78. The average molecular weight is 237 g/mol. The van der Waals surface area contributed by atoms with Gasteiger partial charge >= 0.3 is 0 Å². The van der Waals surface area contributed by atoms with Crippen molar-refractivity contribution in [2.24, 2.45) is 0 Å². The van der Waals surface area contributed by atoms with Gasteiger partial charge in [-0.2, -0.15) is 0 Å². The first-order valence-corrected chi connectivity index (χ1v) is 6.16. The standard InChI is InChI=1S/C14H23NO2/c1-4-7-13(11-16-2)15-10-12-8-5-6-9-14(12)17-3/h5-6,8-9,13,15H,4,7,10-11H2,1-3H3. The second kappa shape index (κ2) is 8.09. The molecule has 0 aliphatic heterocycles. The van der Waals surface area contributed by atoms with Crippen molar-refractivity contribution in [1.82, 2.24) is 5.32 Å². The Morgan fingerprint density at radius 3 is 2.65 bits per heavy atom. The number of rotatable bonds is 8. The Bertz CT molecular complexity index is 309. The van der Waals surface area contributed by atoms with E-state index in [-0.39, 0.29) is 0 Å². The fourth-order valence-electron chi connectivity index (χ4n) is 1.90.